The third kappa shape index (κ3) is 5.50. The minimum atomic E-state index is 0.576. The summed E-state index contributed by atoms with van der Waals surface area (Å²) in [5, 5.41) is 3.42. The Bertz CT molecular complexity index is 251. The largest absolute Gasteiger partial charge is 0.384 e. The quantitative estimate of drug-likeness (QED) is 0.689. The highest BCUT2D eigenvalue weighted by Gasteiger charge is 1.99. The van der Waals surface area contributed by atoms with Gasteiger partial charge in [0.2, 0.25) is 0 Å². The summed E-state index contributed by atoms with van der Waals surface area (Å²) in [6.07, 6.45) is 4.73. The molecule has 0 aliphatic carbocycles. The Hall–Kier alpha value is -0.930. The lowest BCUT2D eigenvalue weighted by Gasteiger charge is -2.11. The van der Waals surface area contributed by atoms with Crippen LogP contribution in [0.15, 0.2) is 24.5 Å². The van der Waals surface area contributed by atoms with Gasteiger partial charge < -0.3 is 10.1 Å². The molecule has 84 valence electrons. The Morgan fingerprint density at radius 3 is 2.80 bits per heavy atom. The van der Waals surface area contributed by atoms with Crippen LogP contribution in [0.1, 0.15) is 12.5 Å². The summed E-state index contributed by atoms with van der Waals surface area (Å²) in [4.78, 5) is 3.99. The number of pyridine rings is 1. The highest BCUT2D eigenvalue weighted by atomic mass is 16.5. The average Bonchev–Trinajstić information content (AvgIpc) is 2.26. The van der Waals surface area contributed by atoms with Crippen molar-refractivity contribution in [2.24, 2.45) is 5.92 Å². The van der Waals surface area contributed by atoms with Crippen LogP contribution in [0, 0.1) is 5.92 Å². The van der Waals surface area contributed by atoms with Crippen LogP contribution < -0.4 is 5.32 Å². The van der Waals surface area contributed by atoms with Crippen LogP contribution in [0.25, 0.3) is 0 Å². The van der Waals surface area contributed by atoms with Gasteiger partial charge in [-0.2, -0.15) is 0 Å². The number of hydrogen-bond donors (Lipinski definition) is 1. The monoisotopic (exact) mass is 208 g/mol. The molecule has 1 aromatic rings. The van der Waals surface area contributed by atoms with Gasteiger partial charge in [-0.3, -0.25) is 4.98 Å². The van der Waals surface area contributed by atoms with E-state index in [1.54, 1.807) is 7.11 Å². The SMILES string of the molecule is COCC(C)CNCCc1ccncc1. The van der Waals surface area contributed by atoms with E-state index in [9.17, 15) is 0 Å². The molecule has 0 fully saturated rings. The number of ether oxygens (including phenoxy) is 1. The zero-order valence-electron chi connectivity index (χ0n) is 9.57. The first-order valence-electron chi connectivity index (χ1n) is 5.41. The molecule has 0 spiro atoms. The van der Waals surface area contributed by atoms with Gasteiger partial charge in [-0.25, -0.2) is 0 Å². The lowest BCUT2D eigenvalue weighted by atomic mass is 10.2. The Morgan fingerprint density at radius 2 is 2.13 bits per heavy atom. The van der Waals surface area contributed by atoms with E-state index in [1.807, 2.05) is 12.4 Å². The fourth-order valence-corrected chi connectivity index (χ4v) is 1.47. The molecule has 0 amide bonds. The molecule has 0 aromatic carbocycles. The molecule has 0 aliphatic rings. The minimum Gasteiger partial charge on any atom is -0.384 e. The van der Waals surface area contributed by atoms with Gasteiger partial charge in [0, 0.05) is 26.1 Å². The standard InChI is InChI=1S/C12H20N2O/c1-11(10-15-2)9-14-8-5-12-3-6-13-7-4-12/h3-4,6-7,11,14H,5,8-10H2,1-2H3. The molecule has 1 unspecified atom stereocenters. The van der Waals surface area contributed by atoms with Crippen molar-refractivity contribution in [1.82, 2.24) is 10.3 Å². The van der Waals surface area contributed by atoms with Gasteiger partial charge in [0.05, 0.1) is 0 Å². The smallest absolute Gasteiger partial charge is 0.0499 e. The Kier molecular flexibility index (Phi) is 5.97. The molecule has 15 heavy (non-hydrogen) atoms. The molecule has 1 atom stereocenters. The number of methoxy groups -OCH3 is 1. The number of hydrogen-bond acceptors (Lipinski definition) is 3. The maximum atomic E-state index is 5.07. The van der Waals surface area contributed by atoms with Crippen molar-refractivity contribution in [2.75, 3.05) is 26.8 Å². The van der Waals surface area contributed by atoms with E-state index in [0.29, 0.717) is 5.92 Å². The Balaban J connectivity index is 2.07. The predicted molar refractivity (Wildman–Crippen MR) is 61.9 cm³/mol. The maximum absolute atomic E-state index is 5.07. The van der Waals surface area contributed by atoms with Gasteiger partial charge >= 0.3 is 0 Å². The average molecular weight is 208 g/mol. The van der Waals surface area contributed by atoms with Crippen LogP contribution in [0.2, 0.25) is 0 Å². The van der Waals surface area contributed by atoms with Gasteiger partial charge in [0.1, 0.15) is 0 Å². The second-order valence-corrected chi connectivity index (χ2v) is 3.87. The van der Waals surface area contributed by atoms with E-state index in [0.717, 1.165) is 26.1 Å². The first kappa shape index (κ1) is 12.1. The van der Waals surface area contributed by atoms with E-state index in [1.165, 1.54) is 5.56 Å². The van der Waals surface area contributed by atoms with E-state index in [4.69, 9.17) is 4.74 Å². The highest BCUT2D eigenvalue weighted by Crippen LogP contribution is 1.97. The van der Waals surface area contributed by atoms with Gasteiger partial charge in [0.15, 0.2) is 0 Å². The van der Waals surface area contributed by atoms with Crippen LogP contribution in [0.3, 0.4) is 0 Å². The van der Waals surface area contributed by atoms with E-state index < -0.39 is 0 Å². The number of nitrogens with one attached hydrogen (secondary N) is 1. The molecule has 0 aliphatic heterocycles. The summed E-state index contributed by atoms with van der Waals surface area (Å²) in [6, 6.07) is 4.11. The number of nitrogens with zero attached hydrogens (tertiary/aromatic N) is 1. The summed E-state index contributed by atoms with van der Waals surface area (Å²) in [5.41, 5.74) is 1.33. The zero-order valence-corrected chi connectivity index (χ0v) is 9.57. The Labute approximate surface area is 91.9 Å². The van der Waals surface area contributed by atoms with Gasteiger partial charge in [-0.15, -0.1) is 0 Å². The highest BCUT2D eigenvalue weighted by molar-refractivity contribution is 5.09. The van der Waals surface area contributed by atoms with Crippen molar-refractivity contribution in [1.29, 1.82) is 0 Å². The van der Waals surface area contributed by atoms with Crippen molar-refractivity contribution < 1.29 is 4.74 Å². The molecule has 3 nitrogen and oxygen atoms in total. The molecular weight excluding hydrogens is 188 g/mol. The molecule has 1 heterocycles. The fourth-order valence-electron chi connectivity index (χ4n) is 1.47. The fraction of sp³-hybridized carbons (Fsp3) is 0.583. The van der Waals surface area contributed by atoms with Crippen molar-refractivity contribution in [3.8, 4) is 0 Å². The normalized spacial score (nSPS) is 12.7. The second-order valence-electron chi connectivity index (χ2n) is 3.87. The maximum Gasteiger partial charge on any atom is 0.0499 e. The van der Waals surface area contributed by atoms with Crippen LogP contribution in [0.5, 0.6) is 0 Å². The third-order valence-electron chi connectivity index (χ3n) is 2.28. The molecule has 0 saturated heterocycles. The van der Waals surface area contributed by atoms with Crippen molar-refractivity contribution in [3.05, 3.63) is 30.1 Å². The van der Waals surface area contributed by atoms with Gasteiger partial charge in [-0.1, -0.05) is 6.92 Å². The summed E-state index contributed by atoms with van der Waals surface area (Å²) < 4.78 is 5.07. The molecule has 0 radical (unpaired) electrons. The molecule has 1 N–H and O–H groups in total. The topological polar surface area (TPSA) is 34.1 Å². The molecule has 1 rings (SSSR count). The first-order valence-corrected chi connectivity index (χ1v) is 5.41. The molecule has 3 heteroatoms. The van der Waals surface area contributed by atoms with E-state index in [2.05, 4.69) is 29.4 Å². The van der Waals surface area contributed by atoms with Crippen molar-refractivity contribution >= 4 is 0 Å². The van der Waals surface area contributed by atoms with E-state index >= 15 is 0 Å². The summed E-state index contributed by atoms with van der Waals surface area (Å²) in [6.45, 7) is 5.03. The van der Waals surface area contributed by atoms with Crippen molar-refractivity contribution in [3.63, 3.8) is 0 Å². The predicted octanol–water partition coefficient (Wildman–Crippen LogP) is 1.50. The van der Waals surface area contributed by atoms with Crippen LogP contribution in [-0.2, 0) is 11.2 Å². The Morgan fingerprint density at radius 1 is 1.40 bits per heavy atom. The first-order chi connectivity index (χ1) is 7.33. The number of rotatable bonds is 7. The summed E-state index contributed by atoms with van der Waals surface area (Å²) in [5.74, 6) is 0.576. The zero-order chi connectivity index (χ0) is 10.9. The molecule has 0 bridgehead atoms. The second kappa shape index (κ2) is 7.37. The minimum absolute atomic E-state index is 0.576. The molecular formula is C12H20N2O. The molecule has 0 saturated carbocycles. The van der Waals surface area contributed by atoms with Crippen molar-refractivity contribution in [2.45, 2.75) is 13.3 Å². The number of aromatic nitrogens is 1. The summed E-state index contributed by atoms with van der Waals surface area (Å²) >= 11 is 0. The van der Waals surface area contributed by atoms with Gasteiger partial charge in [0.25, 0.3) is 0 Å². The van der Waals surface area contributed by atoms with Crippen LogP contribution in [0.4, 0.5) is 0 Å². The molecule has 1 aromatic heterocycles. The van der Waals surface area contributed by atoms with Crippen LogP contribution >= 0.6 is 0 Å². The lowest BCUT2D eigenvalue weighted by Crippen LogP contribution is -2.25. The van der Waals surface area contributed by atoms with Gasteiger partial charge in [-0.05, 0) is 43.1 Å². The third-order valence-corrected chi connectivity index (χ3v) is 2.28. The van der Waals surface area contributed by atoms with Crippen LogP contribution in [-0.4, -0.2) is 31.8 Å². The van der Waals surface area contributed by atoms with E-state index in [-0.39, 0.29) is 0 Å². The lowest BCUT2D eigenvalue weighted by molar-refractivity contribution is 0.158. The summed E-state index contributed by atoms with van der Waals surface area (Å²) in [7, 11) is 1.74.